The summed E-state index contributed by atoms with van der Waals surface area (Å²) in [6.45, 7) is 9.33. The van der Waals surface area contributed by atoms with Gasteiger partial charge in [-0.25, -0.2) is 4.79 Å². The van der Waals surface area contributed by atoms with Crippen LogP contribution in [0, 0.1) is 40.4 Å². The molecule has 0 heterocycles. The van der Waals surface area contributed by atoms with E-state index >= 15 is 0 Å². The minimum Gasteiger partial charge on any atom is -0.480 e. The van der Waals surface area contributed by atoms with Gasteiger partial charge in [0, 0.05) is 5.92 Å². The lowest BCUT2D eigenvalue weighted by molar-refractivity contribution is -0.143. The second-order valence-electron chi connectivity index (χ2n) is 13.0. The van der Waals surface area contributed by atoms with Gasteiger partial charge in [0.25, 0.3) is 5.91 Å². The standard InChI is InChI=1S/C30H45N3O6/c1-17(2)27(28(37)38)32-25(35)15-31-26(36)16-39-33-20-10-12-29(4)19(14-20)6-7-21-23-9-8-22(18(3)34)30(23,5)13-11-24(21)29/h14,17,21-24,27H,6-13,15-16H2,1-5H3,(H,31,36)(H,32,35)(H,37,38)/b33-20+/t21-,22+,23-,24-,27+,29-,30+/m0/s1. The average molecular weight is 544 g/mol. The smallest absolute Gasteiger partial charge is 0.326 e. The molecule has 0 aliphatic heterocycles. The predicted molar refractivity (Wildman–Crippen MR) is 147 cm³/mol. The Balaban J connectivity index is 1.30. The van der Waals surface area contributed by atoms with Crippen LogP contribution in [0.15, 0.2) is 16.8 Å². The molecular formula is C30H45N3O6. The number of aliphatic carboxylic acids is 1. The van der Waals surface area contributed by atoms with Crippen molar-refractivity contribution in [3.63, 3.8) is 0 Å². The molecule has 0 saturated heterocycles. The first-order valence-corrected chi connectivity index (χ1v) is 14.6. The maximum absolute atomic E-state index is 12.4. The van der Waals surface area contributed by atoms with Crippen LogP contribution in [-0.2, 0) is 24.0 Å². The normalized spacial score (nSPS) is 35.2. The number of allylic oxidation sites excluding steroid dienone is 2. The molecule has 3 N–H and O–H groups in total. The maximum atomic E-state index is 12.4. The van der Waals surface area contributed by atoms with Gasteiger partial charge in [0.15, 0.2) is 6.61 Å². The van der Waals surface area contributed by atoms with Gasteiger partial charge in [-0.3, -0.25) is 14.4 Å². The summed E-state index contributed by atoms with van der Waals surface area (Å²) in [4.78, 5) is 53.0. The molecule has 0 aromatic rings. The summed E-state index contributed by atoms with van der Waals surface area (Å²) in [6.07, 6.45) is 10.7. The Labute approximate surface area is 231 Å². The van der Waals surface area contributed by atoms with Crippen LogP contribution in [0.5, 0.6) is 0 Å². The van der Waals surface area contributed by atoms with Crippen molar-refractivity contribution in [1.82, 2.24) is 10.6 Å². The van der Waals surface area contributed by atoms with Crippen LogP contribution in [0.4, 0.5) is 0 Å². The zero-order valence-electron chi connectivity index (χ0n) is 24.0. The van der Waals surface area contributed by atoms with Crippen molar-refractivity contribution >= 4 is 29.3 Å². The lowest BCUT2D eigenvalue weighted by atomic mass is 9.46. The number of hydrogen-bond acceptors (Lipinski definition) is 6. The maximum Gasteiger partial charge on any atom is 0.326 e. The highest BCUT2D eigenvalue weighted by Gasteiger charge is 2.59. The molecule has 0 aromatic heterocycles. The Hall–Kier alpha value is -2.71. The molecule has 4 rings (SSSR count). The van der Waals surface area contributed by atoms with Crippen LogP contribution in [-0.4, -0.2) is 53.6 Å². The van der Waals surface area contributed by atoms with E-state index in [0.717, 1.165) is 44.2 Å². The van der Waals surface area contributed by atoms with Crippen LogP contribution < -0.4 is 10.6 Å². The van der Waals surface area contributed by atoms with E-state index < -0.39 is 23.8 Å². The van der Waals surface area contributed by atoms with E-state index in [0.29, 0.717) is 23.5 Å². The van der Waals surface area contributed by atoms with Crippen LogP contribution in [0.2, 0.25) is 0 Å². The Morgan fingerprint density at radius 3 is 2.46 bits per heavy atom. The number of Topliss-reactive ketones (excluding diaryl/α,β-unsaturated/α-hetero) is 1. The first kappa shape index (κ1) is 29.3. The summed E-state index contributed by atoms with van der Waals surface area (Å²) in [6, 6.07) is -1.01. The molecule has 2 amide bonds. The minimum atomic E-state index is -1.11. The molecule has 4 aliphatic rings. The molecule has 7 atom stereocenters. The van der Waals surface area contributed by atoms with Crippen molar-refractivity contribution in [2.75, 3.05) is 13.2 Å². The summed E-state index contributed by atoms with van der Waals surface area (Å²) in [5.41, 5.74) is 2.58. The highest BCUT2D eigenvalue weighted by molar-refractivity contribution is 5.96. The van der Waals surface area contributed by atoms with E-state index in [2.05, 4.69) is 35.7 Å². The van der Waals surface area contributed by atoms with Gasteiger partial charge in [0.1, 0.15) is 11.8 Å². The summed E-state index contributed by atoms with van der Waals surface area (Å²) in [5.74, 6) is 0.0981. The fraction of sp³-hybridized carbons (Fsp3) is 0.767. The molecule has 9 heteroatoms. The number of carboxylic acids is 1. The molecule has 0 spiro atoms. The SMILES string of the molecule is CC(=O)[C@H]1CC[C@H]2[C@@H]3CCC4=C/C(=N/OCC(=O)NCC(=O)N[C@@H](C(=O)O)C(C)C)CC[C@]4(C)[C@H]3CC[C@]12C. The fourth-order valence-corrected chi connectivity index (χ4v) is 8.45. The van der Waals surface area contributed by atoms with Crippen LogP contribution >= 0.6 is 0 Å². The van der Waals surface area contributed by atoms with E-state index in [-0.39, 0.29) is 35.8 Å². The third kappa shape index (κ3) is 5.78. The number of carbonyl (C=O) groups excluding carboxylic acids is 3. The van der Waals surface area contributed by atoms with Crippen LogP contribution in [0.1, 0.15) is 86.0 Å². The van der Waals surface area contributed by atoms with Gasteiger partial charge in [0.2, 0.25) is 5.91 Å². The number of amides is 2. The number of fused-ring (bicyclic) bond motifs is 5. The first-order chi connectivity index (χ1) is 18.4. The number of ketones is 1. The number of hydrogen-bond donors (Lipinski definition) is 3. The van der Waals surface area contributed by atoms with Crippen LogP contribution in [0.25, 0.3) is 0 Å². The molecule has 3 saturated carbocycles. The Morgan fingerprint density at radius 2 is 1.79 bits per heavy atom. The molecule has 0 radical (unpaired) electrons. The second kappa shape index (κ2) is 11.4. The third-order valence-corrected chi connectivity index (χ3v) is 10.5. The number of oxime groups is 1. The van der Waals surface area contributed by atoms with Gasteiger partial charge in [-0.15, -0.1) is 0 Å². The molecule has 216 valence electrons. The molecule has 9 nitrogen and oxygen atoms in total. The van der Waals surface area contributed by atoms with Gasteiger partial charge in [-0.1, -0.05) is 38.4 Å². The predicted octanol–water partition coefficient (Wildman–Crippen LogP) is 3.87. The van der Waals surface area contributed by atoms with Gasteiger partial charge in [-0.05, 0) is 98.9 Å². The largest absolute Gasteiger partial charge is 0.480 e. The van der Waals surface area contributed by atoms with Gasteiger partial charge < -0.3 is 20.6 Å². The fourth-order valence-electron chi connectivity index (χ4n) is 8.45. The highest BCUT2D eigenvalue weighted by Crippen LogP contribution is 2.66. The summed E-state index contributed by atoms with van der Waals surface area (Å²) >= 11 is 0. The molecule has 4 aliphatic carbocycles. The molecule has 3 fully saturated rings. The summed E-state index contributed by atoms with van der Waals surface area (Å²) in [7, 11) is 0. The lowest BCUT2D eigenvalue weighted by Gasteiger charge is -2.58. The van der Waals surface area contributed by atoms with Gasteiger partial charge in [0.05, 0.1) is 12.3 Å². The second-order valence-corrected chi connectivity index (χ2v) is 13.0. The lowest BCUT2D eigenvalue weighted by Crippen LogP contribution is -2.51. The minimum absolute atomic E-state index is 0.145. The van der Waals surface area contributed by atoms with E-state index in [4.69, 9.17) is 4.84 Å². The van der Waals surface area contributed by atoms with Crippen molar-refractivity contribution in [2.45, 2.75) is 92.0 Å². The molecule has 0 bridgehead atoms. The summed E-state index contributed by atoms with van der Waals surface area (Å²) in [5, 5.41) is 18.3. The van der Waals surface area contributed by atoms with Crippen molar-refractivity contribution in [2.24, 2.45) is 45.6 Å². The van der Waals surface area contributed by atoms with Crippen molar-refractivity contribution in [3.05, 3.63) is 11.6 Å². The topological polar surface area (TPSA) is 134 Å². The molecule has 39 heavy (non-hydrogen) atoms. The van der Waals surface area contributed by atoms with Gasteiger partial charge in [-0.2, -0.15) is 0 Å². The van der Waals surface area contributed by atoms with E-state index in [1.807, 2.05) is 0 Å². The molecule has 0 aromatic carbocycles. The summed E-state index contributed by atoms with van der Waals surface area (Å²) < 4.78 is 0. The van der Waals surface area contributed by atoms with Crippen LogP contribution in [0.3, 0.4) is 0 Å². The van der Waals surface area contributed by atoms with E-state index in [9.17, 15) is 24.3 Å². The monoisotopic (exact) mass is 543 g/mol. The molecule has 0 unspecified atom stereocenters. The van der Waals surface area contributed by atoms with Crippen molar-refractivity contribution in [3.8, 4) is 0 Å². The quantitative estimate of drug-likeness (QED) is 0.378. The Morgan fingerprint density at radius 1 is 1.05 bits per heavy atom. The van der Waals surface area contributed by atoms with E-state index in [1.165, 1.54) is 18.4 Å². The zero-order chi connectivity index (χ0) is 28.5. The number of carboxylic acid groups (broad SMARTS) is 1. The Kier molecular flexibility index (Phi) is 8.57. The third-order valence-electron chi connectivity index (χ3n) is 10.5. The first-order valence-electron chi connectivity index (χ1n) is 14.6. The van der Waals surface area contributed by atoms with Gasteiger partial charge >= 0.3 is 5.97 Å². The number of carbonyl (C=O) groups is 4. The Bertz CT molecular complexity index is 1070. The van der Waals surface area contributed by atoms with Crippen molar-refractivity contribution < 1.29 is 29.1 Å². The zero-order valence-corrected chi connectivity index (χ0v) is 24.0. The van der Waals surface area contributed by atoms with Crippen molar-refractivity contribution in [1.29, 1.82) is 0 Å². The highest BCUT2D eigenvalue weighted by atomic mass is 16.6. The molecular weight excluding hydrogens is 498 g/mol. The average Bonchev–Trinajstić information content (AvgIpc) is 3.23. The number of nitrogens with one attached hydrogen (secondary N) is 2. The van der Waals surface area contributed by atoms with E-state index in [1.54, 1.807) is 20.8 Å². The number of nitrogens with zero attached hydrogens (tertiary/aromatic N) is 1. The number of rotatable bonds is 9.